The van der Waals surface area contributed by atoms with Gasteiger partial charge in [-0.25, -0.2) is 0 Å². The van der Waals surface area contributed by atoms with Gasteiger partial charge in [0.2, 0.25) is 5.91 Å². The minimum absolute atomic E-state index is 0.0908. The summed E-state index contributed by atoms with van der Waals surface area (Å²) in [5, 5.41) is 19.9. The zero-order chi connectivity index (χ0) is 11.1. The smallest absolute Gasteiger partial charge is 0.237 e. The van der Waals surface area contributed by atoms with E-state index in [0.29, 0.717) is 0 Å². The summed E-state index contributed by atoms with van der Waals surface area (Å²) in [5.74, 6) is -0.236. The largest absolute Gasteiger partial charge is 0.394 e. The Bertz CT molecular complexity index is 171. The molecule has 0 saturated carbocycles. The van der Waals surface area contributed by atoms with Crippen LogP contribution in [0.4, 0.5) is 0 Å². The Morgan fingerprint density at radius 3 is 2.29 bits per heavy atom. The molecule has 0 radical (unpaired) electrons. The molecule has 0 aliphatic heterocycles. The van der Waals surface area contributed by atoms with Crippen LogP contribution in [-0.4, -0.2) is 41.4 Å². The van der Waals surface area contributed by atoms with Crippen LogP contribution in [0.5, 0.6) is 0 Å². The summed E-state index contributed by atoms with van der Waals surface area (Å²) in [5.41, 5.74) is 5.65. The number of hydrogen-bond acceptors (Lipinski definition) is 4. The van der Waals surface area contributed by atoms with Gasteiger partial charge < -0.3 is 21.3 Å². The number of carbonyl (C=O) groups excluding carboxylic acids is 1. The lowest BCUT2D eigenvalue weighted by molar-refractivity contribution is -0.124. The Kier molecular flexibility index (Phi) is 6.44. The van der Waals surface area contributed by atoms with Crippen LogP contribution in [-0.2, 0) is 4.79 Å². The molecule has 0 rings (SSSR count). The second kappa shape index (κ2) is 6.75. The first-order chi connectivity index (χ1) is 6.56. The second-order valence-corrected chi connectivity index (χ2v) is 3.48. The van der Waals surface area contributed by atoms with Gasteiger partial charge in [-0.2, -0.15) is 0 Å². The van der Waals surface area contributed by atoms with Gasteiger partial charge in [0.25, 0.3) is 0 Å². The van der Waals surface area contributed by atoms with Gasteiger partial charge in [-0.05, 0) is 5.92 Å². The average molecular weight is 204 g/mol. The van der Waals surface area contributed by atoms with Crippen molar-refractivity contribution in [3.05, 3.63) is 0 Å². The van der Waals surface area contributed by atoms with Crippen molar-refractivity contribution in [2.45, 2.75) is 32.4 Å². The zero-order valence-corrected chi connectivity index (χ0v) is 8.73. The molecule has 0 aliphatic carbocycles. The van der Waals surface area contributed by atoms with E-state index in [0.717, 1.165) is 6.42 Å². The molecule has 1 amide bonds. The van der Waals surface area contributed by atoms with Gasteiger partial charge in [-0.1, -0.05) is 20.3 Å². The Morgan fingerprint density at radius 1 is 1.43 bits per heavy atom. The normalized spacial score (nSPS) is 15.3. The molecule has 0 heterocycles. The average Bonchev–Trinajstić information content (AvgIpc) is 2.23. The first kappa shape index (κ1) is 13.4. The van der Waals surface area contributed by atoms with E-state index in [1.807, 2.05) is 13.8 Å². The standard InChI is InChI=1S/C9H20N2O3/c1-3-6(2)8(10)9(14)11-7(4-12)5-13/h6-8,12-13H,3-5,10H2,1-2H3,(H,11,14). The van der Waals surface area contributed by atoms with Crippen molar-refractivity contribution in [2.24, 2.45) is 11.7 Å². The van der Waals surface area contributed by atoms with E-state index in [1.54, 1.807) is 0 Å². The molecule has 0 bridgehead atoms. The van der Waals surface area contributed by atoms with Gasteiger partial charge in [0.1, 0.15) is 0 Å². The van der Waals surface area contributed by atoms with E-state index in [4.69, 9.17) is 15.9 Å². The summed E-state index contributed by atoms with van der Waals surface area (Å²) < 4.78 is 0. The maximum Gasteiger partial charge on any atom is 0.237 e. The molecule has 14 heavy (non-hydrogen) atoms. The summed E-state index contributed by atoms with van der Waals surface area (Å²) >= 11 is 0. The fraction of sp³-hybridized carbons (Fsp3) is 0.889. The van der Waals surface area contributed by atoms with Gasteiger partial charge in [-0.15, -0.1) is 0 Å². The van der Waals surface area contributed by atoms with Crippen LogP contribution in [0.3, 0.4) is 0 Å². The van der Waals surface area contributed by atoms with Crippen molar-refractivity contribution >= 4 is 5.91 Å². The Labute approximate surface area is 84.3 Å². The van der Waals surface area contributed by atoms with Crippen LogP contribution in [0.25, 0.3) is 0 Å². The van der Waals surface area contributed by atoms with Crippen molar-refractivity contribution in [2.75, 3.05) is 13.2 Å². The number of carbonyl (C=O) groups is 1. The van der Waals surface area contributed by atoms with Crippen molar-refractivity contribution in [3.63, 3.8) is 0 Å². The third kappa shape index (κ3) is 4.04. The van der Waals surface area contributed by atoms with Gasteiger partial charge in [0.15, 0.2) is 0 Å². The van der Waals surface area contributed by atoms with E-state index in [9.17, 15) is 4.79 Å². The van der Waals surface area contributed by atoms with E-state index >= 15 is 0 Å². The number of aliphatic hydroxyl groups is 2. The van der Waals surface area contributed by atoms with E-state index in [2.05, 4.69) is 5.32 Å². The lowest BCUT2D eigenvalue weighted by Crippen LogP contribution is -2.50. The van der Waals surface area contributed by atoms with Crippen molar-refractivity contribution in [1.82, 2.24) is 5.32 Å². The van der Waals surface area contributed by atoms with Crippen LogP contribution >= 0.6 is 0 Å². The molecule has 0 spiro atoms. The molecular formula is C9H20N2O3. The first-order valence-corrected chi connectivity index (χ1v) is 4.84. The minimum Gasteiger partial charge on any atom is -0.394 e. The summed E-state index contributed by atoms with van der Waals surface area (Å²) in [6.45, 7) is 3.27. The summed E-state index contributed by atoms with van der Waals surface area (Å²) in [7, 11) is 0. The molecule has 0 aromatic carbocycles. The maximum absolute atomic E-state index is 11.4. The summed E-state index contributed by atoms with van der Waals surface area (Å²) in [6.07, 6.45) is 0.817. The highest BCUT2D eigenvalue weighted by molar-refractivity contribution is 5.82. The highest BCUT2D eigenvalue weighted by Gasteiger charge is 2.21. The topological polar surface area (TPSA) is 95.6 Å². The molecule has 0 aromatic heterocycles. The monoisotopic (exact) mass is 204 g/mol. The number of hydrogen-bond donors (Lipinski definition) is 4. The number of nitrogens with one attached hydrogen (secondary N) is 1. The first-order valence-electron chi connectivity index (χ1n) is 4.84. The highest BCUT2D eigenvalue weighted by atomic mass is 16.3. The van der Waals surface area contributed by atoms with Crippen molar-refractivity contribution in [1.29, 1.82) is 0 Å². The molecule has 5 nitrogen and oxygen atoms in total. The second-order valence-electron chi connectivity index (χ2n) is 3.48. The minimum atomic E-state index is -0.613. The molecule has 2 unspecified atom stereocenters. The van der Waals surface area contributed by atoms with Gasteiger partial charge in [0.05, 0.1) is 25.3 Å². The third-order valence-corrected chi connectivity index (χ3v) is 2.35. The molecule has 5 heteroatoms. The Hall–Kier alpha value is -0.650. The third-order valence-electron chi connectivity index (χ3n) is 2.35. The number of amides is 1. The Morgan fingerprint density at radius 2 is 1.93 bits per heavy atom. The van der Waals surface area contributed by atoms with Crippen molar-refractivity contribution < 1.29 is 15.0 Å². The number of rotatable bonds is 6. The van der Waals surface area contributed by atoms with Crippen LogP contribution < -0.4 is 11.1 Å². The quantitative estimate of drug-likeness (QED) is 0.438. The fourth-order valence-corrected chi connectivity index (χ4v) is 0.959. The predicted octanol–water partition coefficient (Wildman–Crippen LogP) is -1.17. The lowest BCUT2D eigenvalue weighted by Gasteiger charge is -2.20. The highest BCUT2D eigenvalue weighted by Crippen LogP contribution is 2.05. The Balaban J connectivity index is 4.06. The zero-order valence-electron chi connectivity index (χ0n) is 8.73. The van der Waals surface area contributed by atoms with Gasteiger partial charge >= 0.3 is 0 Å². The molecule has 84 valence electrons. The van der Waals surface area contributed by atoms with E-state index in [-0.39, 0.29) is 25.0 Å². The molecule has 2 atom stereocenters. The SMILES string of the molecule is CCC(C)C(N)C(=O)NC(CO)CO. The number of nitrogens with two attached hydrogens (primary N) is 1. The molecular weight excluding hydrogens is 184 g/mol. The van der Waals surface area contributed by atoms with Gasteiger partial charge in [0, 0.05) is 0 Å². The fourth-order valence-electron chi connectivity index (χ4n) is 0.959. The molecule has 5 N–H and O–H groups in total. The summed E-state index contributed by atoms with van der Waals surface area (Å²) in [6, 6.07) is -1.20. The molecule has 0 aromatic rings. The van der Waals surface area contributed by atoms with E-state index in [1.165, 1.54) is 0 Å². The molecule has 0 fully saturated rings. The van der Waals surface area contributed by atoms with E-state index < -0.39 is 12.1 Å². The summed E-state index contributed by atoms with van der Waals surface area (Å²) in [4.78, 5) is 11.4. The van der Waals surface area contributed by atoms with Crippen LogP contribution in [0, 0.1) is 5.92 Å². The van der Waals surface area contributed by atoms with Crippen molar-refractivity contribution in [3.8, 4) is 0 Å². The molecule has 0 aliphatic rings. The maximum atomic E-state index is 11.4. The lowest BCUT2D eigenvalue weighted by atomic mass is 9.99. The predicted molar refractivity (Wildman–Crippen MR) is 53.5 cm³/mol. The van der Waals surface area contributed by atoms with Crippen LogP contribution in [0.1, 0.15) is 20.3 Å². The van der Waals surface area contributed by atoms with Gasteiger partial charge in [-0.3, -0.25) is 4.79 Å². The van der Waals surface area contributed by atoms with Crippen LogP contribution in [0.15, 0.2) is 0 Å². The van der Waals surface area contributed by atoms with Crippen LogP contribution in [0.2, 0.25) is 0 Å². The molecule has 0 saturated heterocycles. The number of aliphatic hydroxyl groups excluding tert-OH is 2.